The molecule has 0 aromatic heterocycles. The Labute approximate surface area is 362 Å². The Morgan fingerprint density at radius 3 is 1.05 bits per heavy atom. The molecule has 0 unspecified atom stereocenters. The van der Waals surface area contributed by atoms with Gasteiger partial charge < -0.3 is 18.9 Å². The van der Waals surface area contributed by atoms with E-state index in [1.54, 1.807) is 0 Å². The Kier molecular flexibility index (Phi) is 14.1. The Hall–Kier alpha value is -4.61. The van der Waals surface area contributed by atoms with Crippen LogP contribution in [0.5, 0.6) is 23.0 Å². The quantitative estimate of drug-likeness (QED) is 0.0690. The van der Waals surface area contributed by atoms with E-state index in [2.05, 4.69) is 142 Å². The second-order valence-electron chi connectivity index (χ2n) is 21.1. The van der Waals surface area contributed by atoms with Gasteiger partial charge in [-0.05, 0) is 95.7 Å². The number of methoxy groups -OCH3 is 4. The third-order valence-electron chi connectivity index (χ3n) is 12.4. The molecule has 0 spiro atoms. The van der Waals surface area contributed by atoms with Crippen LogP contribution in [0.3, 0.4) is 0 Å². The van der Waals surface area contributed by atoms with E-state index in [0.29, 0.717) is 25.8 Å². The van der Waals surface area contributed by atoms with Crippen molar-refractivity contribution in [2.75, 3.05) is 35.0 Å². The minimum Gasteiger partial charge on any atom is -0.496 e. The molecule has 4 aromatic carbocycles. The molecule has 0 saturated heterocycles. The molecule has 0 N–H and O–H groups in total. The summed E-state index contributed by atoms with van der Waals surface area (Å²) in [5.74, 6) is 3.57. The van der Waals surface area contributed by atoms with E-state index < -0.39 is 0 Å². The van der Waals surface area contributed by atoms with Gasteiger partial charge in [-0.2, -0.15) is 0 Å². The van der Waals surface area contributed by atoms with Crippen LogP contribution < -0.4 is 18.9 Å². The number of hydrogen-bond donors (Lipinski definition) is 0. The van der Waals surface area contributed by atoms with Gasteiger partial charge in [0, 0.05) is 47.8 Å². The van der Waals surface area contributed by atoms with Crippen molar-refractivity contribution in [3.8, 4) is 23.0 Å². The average molecular weight is 816 g/mol. The zero-order valence-corrected chi connectivity index (χ0v) is 39.8. The van der Waals surface area contributed by atoms with Crippen LogP contribution in [0.15, 0.2) is 53.6 Å². The normalized spacial score (nSPS) is 13.7. The van der Waals surface area contributed by atoms with Crippen LogP contribution in [-0.4, -0.2) is 35.0 Å². The van der Waals surface area contributed by atoms with E-state index >= 15 is 0 Å². The zero-order chi connectivity index (χ0) is 44.4. The van der Waals surface area contributed by atoms with Crippen LogP contribution in [0.1, 0.15) is 181 Å². The zero-order valence-electron chi connectivity index (χ0n) is 39.8. The summed E-state index contributed by atoms with van der Waals surface area (Å²) in [6, 6.07) is 18.9. The molecule has 5 rings (SSSR count). The van der Waals surface area contributed by atoms with Crippen molar-refractivity contribution in [3.63, 3.8) is 0 Å². The number of rotatable bonds is 10. The molecule has 0 radical (unpaired) electrons. The van der Waals surface area contributed by atoms with E-state index in [1.165, 1.54) is 22.3 Å². The Morgan fingerprint density at radius 1 is 0.467 bits per heavy atom. The predicted molar refractivity (Wildman–Crippen MR) is 250 cm³/mol. The average Bonchev–Trinajstić information content (AvgIpc) is 3.15. The second kappa shape index (κ2) is 18.2. The van der Waals surface area contributed by atoms with Crippen molar-refractivity contribution in [2.24, 2.45) is 5.11 Å². The van der Waals surface area contributed by atoms with Crippen molar-refractivity contribution in [3.05, 3.63) is 126 Å². The highest BCUT2D eigenvalue weighted by atomic mass is 16.5. The van der Waals surface area contributed by atoms with Gasteiger partial charge in [0.1, 0.15) is 23.0 Å². The van der Waals surface area contributed by atoms with Gasteiger partial charge >= 0.3 is 0 Å². The standard InChI is InChI=1S/C53H73N3O4/c1-50(2,3)39-25-33-22-34-26-40(51(4,5)6)28-36(47(34)58-14)24-38-30-42(53(10,11)12)32-45(49(38)60-16)43(20-18-17-19-21-55-56-54)44-31-41(52(7,8)9)29-37(48(44)59-15)23-35(27-39)46(33)57-13/h25-32,43H,17-24H2,1-16H3. The first-order chi connectivity index (χ1) is 28.0. The molecule has 0 atom stereocenters. The third-order valence-corrected chi connectivity index (χ3v) is 12.4. The summed E-state index contributed by atoms with van der Waals surface area (Å²) >= 11 is 0. The fourth-order valence-electron chi connectivity index (χ4n) is 8.84. The van der Waals surface area contributed by atoms with Crippen LogP contribution in [0.4, 0.5) is 0 Å². The lowest BCUT2D eigenvalue weighted by Gasteiger charge is -2.31. The fourth-order valence-corrected chi connectivity index (χ4v) is 8.84. The SMILES string of the molecule is COc1c2cc(C(C)(C)C)cc1Cc1cc(C(C)(C)C)cc(c1OC)C(CCCCCN=[N+]=[N-])c1cc(C(C)(C)C)cc(c1OC)Cc1cc(C(C)(C)C)cc(c1OC)C2. The van der Waals surface area contributed by atoms with Crippen LogP contribution in [0.25, 0.3) is 10.4 Å². The first-order valence-electron chi connectivity index (χ1n) is 21.9. The van der Waals surface area contributed by atoms with E-state index in [9.17, 15) is 0 Å². The predicted octanol–water partition coefficient (Wildman–Crippen LogP) is 14.0. The van der Waals surface area contributed by atoms with Crippen molar-refractivity contribution in [1.82, 2.24) is 0 Å². The summed E-state index contributed by atoms with van der Waals surface area (Å²) in [5, 5.41) is 3.84. The summed E-state index contributed by atoms with van der Waals surface area (Å²) in [7, 11) is 7.26. The van der Waals surface area contributed by atoms with E-state index in [-0.39, 0.29) is 27.6 Å². The minimum atomic E-state index is -0.133. The van der Waals surface area contributed by atoms with E-state index in [1.807, 2.05) is 28.4 Å². The highest BCUT2D eigenvalue weighted by Gasteiger charge is 2.32. The Balaban J connectivity index is 2.00. The first-order valence-corrected chi connectivity index (χ1v) is 21.9. The van der Waals surface area contributed by atoms with Crippen LogP contribution in [0, 0.1) is 0 Å². The van der Waals surface area contributed by atoms with Crippen LogP contribution in [-0.2, 0) is 40.9 Å². The maximum atomic E-state index is 8.98. The van der Waals surface area contributed by atoms with Gasteiger partial charge in [0.25, 0.3) is 0 Å². The third kappa shape index (κ3) is 10.3. The molecule has 1 aliphatic carbocycles. The molecule has 4 aromatic rings. The number of hydrogen-bond acceptors (Lipinski definition) is 5. The first kappa shape index (κ1) is 46.5. The minimum absolute atomic E-state index is 0.0545. The van der Waals surface area contributed by atoms with Gasteiger partial charge in [0.15, 0.2) is 0 Å². The topological polar surface area (TPSA) is 85.7 Å². The Bertz CT molecular complexity index is 2080. The van der Waals surface area contributed by atoms with Crippen LogP contribution >= 0.6 is 0 Å². The lowest BCUT2D eigenvalue weighted by Crippen LogP contribution is -2.18. The van der Waals surface area contributed by atoms with Gasteiger partial charge in [-0.1, -0.05) is 150 Å². The molecule has 7 heteroatoms. The summed E-state index contributed by atoms with van der Waals surface area (Å²) in [6.07, 6.45) is 5.50. The van der Waals surface area contributed by atoms with Gasteiger partial charge in [0.05, 0.1) is 28.4 Å². The maximum Gasteiger partial charge on any atom is 0.126 e. The molecule has 0 aliphatic heterocycles. The summed E-state index contributed by atoms with van der Waals surface area (Å²) in [5.41, 5.74) is 22.7. The lowest BCUT2D eigenvalue weighted by atomic mass is 9.76. The number of nitrogens with zero attached hydrogens (tertiary/aromatic N) is 3. The van der Waals surface area contributed by atoms with Gasteiger partial charge in [-0.15, -0.1) is 0 Å². The summed E-state index contributed by atoms with van der Waals surface area (Å²) in [4.78, 5) is 3.01. The van der Waals surface area contributed by atoms with Crippen molar-refractivity contribution in [2.45, 2.75) is 156 Å². The largest absolute Gasteiger partial charge is 0.496 e. The molecule has 324 valence electrons. The van der Waals surface area contributed by atoms with Crippen molar-refractivity contribution < 1.29 is 18.9 Å². The lowest BCUT2D eigenvalue weighted by molar-refractivity contribution is 0.388. The molecule has 0 fully saturated rings. The number of benzene rings is 4. The molecule has 0 saturated carbocycles. The maximum absolute atomic E-state index is 8.98. The number of unbranched alkanes of at least 4 members (excludes halogenated alkanes) is 2. The van der Waals surface area contributed by atoms with Gasteiger partial charge in [0.2, 0.25) is 0 Å². The highest BCUT2D eigenvalue weighted by molar-refractivity contribution is 5.61. The monoisotopic (exact) mass is 816 g/mol. The second-order valence-corrected chi connectivity index (χ2v) is 21.1. The molecule has 0 heterocycles. The van der Waals surface area contributed by atoms with Crippen LogP contribution in [0.2, 0.25) is 0 Å². The van der Waals surface area contributed by atoms with Gasteiger partial charge in [-0.25, -0.2) is 0 Å². The van der Waals surface area contributed by atoms with Crippen molar-refractivity contribution in [1.29, 1.82) is 0 Å². The number of fused-ring (bicyclic) bond motifs is 8. The molecular weight excluding hydrogens is 743 g/mol. The van der Waals surface area contributed by atoms with E-state index in [4.69, 9.17) is 24.5 Å². The molecule has 60 heavy (non-hydrogen) atoms. The fraction of sp³-hybridized carbons (Fsp3) is 0.547. The molecule has 7 nitrogen and oxygen atoms in total. The molecule has 8 bridgehead atoms. The molecular formula is C53H73N3O4. The Morgan fingerprint density at radius 2 is 0.767 bits per heavy atom. The number of ether oxygens (including phenoxy) is 4. The smallest absolute Gasteiger partial charge is 0.126 e. The highest BCUT2D eigenvalue weighted by Crippen LogP contribution is 2.48. The summed E-state index contributed by atoms with van der Waals surface area (Å²) in [6.45, 7) is 28.0. The molecule has 0 amide bonds. The molecule has 1 aliphatic rings. The van der Waals surface area contributed by atoms with Crippen molar-refractivity contribution >= 4 is 0 Å². The van der Waals surface area contributed by atoms with Gasteiger partial charge in [-0.3, -0.25) is 0 Å². The van der Waals surface area contributed by atoms with E-state index in [0.717, 1.165) is 93.2 Å². The number of azide groups is 1. The summed E-state index contributed by atoms with van der Waals surface area (Å²) < 4.78 is 26.2.